The van der Waals surface area contributed by atoms with Crippen molar-refractivity contribution >= 4 is 5.91 Å². The summed E-state index contributed by atoms with van der Waals surface area (Å²) in [7, 11) is 0. The Bertz CT molecular complexity index is 579. The second-order valence-electron chi connectivity index (χ2n) is 13.4. The van der Waals surface area contributed by atoms with Gasteiger partial charge in [0.1, 0.15) is 0 Å². The molecule has 0 fully saturated rings. The molecule has 256 valence electrons. The van der Waals surface area contributed by atoms with Crippen molar-refractivity contribution in [1.29, 1.82) is 0 Å². The Morgan fingerprint density at radius 2 is 0.884 bits per heavy atom. The van der Waals surface area contributed by atoms with E-state index in [4.69, 9.17) is 0 Å². The molecule has 0 aromatic carbocycles. The predicted molar refractivity (Wildman–Crippen MR) is 189 cm³/mol. The van der Waals surface area contributed by atoms with Gasteiger partial charge in [0.2, 0.25) is 5.91 Å². The van der Waals surface area contributed by atoms with Gasteiger partial charge < -0.3 is 15.5 Å². The third-order valence-corrected chi connectivity index (χ3v) is 9.03. The van der Waals surface area contributed by atoms with Crippen LogP contribution in [0.1, 0.15) is 213 Å². The third kappa shape index (κ3) is 32.3. The van der Waals surface area contributed by atoms with Crippen LogP contribution in [0.3, 0.4) is 0 Å². The molecule has 4 nitrogen and oxygen atoms in total. The van der Waals surface area contributed by atoms with E-state index in [1.165, 1.54) is 161 Å². The van der Waals surface area contributed by atoms with E-state index >= 15 is 0 Å². The molecular formula is C39H77NO3. The van der Waals surface area contributed by atoms with Crippen LogP contribution in [-0.4, -0.2) is 34.9 Å². The van der Waals surface area contributed by atoms with Crippen molar-refractivity contribution in [3.63, 3.8) is 0 Å². The lowest BCUT2D eigenvalue weighted by atomic mass is 10.0. The maximum absolute atomic E-state index is 12.3. The van der Waals surface area contributed by atoms with Crippen LogP contribution in [0.25, 0.3) is 0 Å². The summed E-state index contributed by atoms with van der Waals surface area (Å²) in [5, 5.41) is 22.8. The number of amides is 1. The van der Waals surface area contributed by atoms with Crippen LogP contribution in [0.15, 0.2) is 12.2 Å². The molecule has 4 heteroatoms. The van der Waals surface area contributed by atoms with Gasteiger partial charge in [0.15, 0.2) is 0 Å². The molecule has 0 spiro atoms. The van der Waals surface area contributed by atoms with Crippen molar-refractivity contribution < 1.29 is 15.0 Å². The van der Waals surface area contributed by atoms with Gasteiger partial charge in [-0.2, -0.15) is 0 Å². The number of allylic oxidation sites excluding steroid dienone is 2. The molecular weight excluding hydrogens is 530 g/mol. The van der Waals surface area contributed by atoms with Crippen LogP contribution in [0.5, 0.6) is 0 Å². The highest BCUT2D eigenvalue weighted by molar-refractivity contribution is 5.76. The molecule has 3 N–H and O–H groups in total. The van der Waals surface area contributed by atoms with Gasteiger partial charge in [-0.3, -0.25) is 4.79 Å². The number of aliphatic hydroxyl groups is 2. The Hall–Kier alpha value is -0.870. The Labute approximate surface area is 269 Å². The molecule has 0 saturated carbocycles. The van der Waals surface area contributed by atoms with Crippen molar-refractivity contribution in [3.8, 4) is 0 Å². The summed E-state index contributed by atoms with van der Waals surface area (Å²) in [6.45, 7) is 4.30. The van der Waals surface area contributed by atoms with Crippen molar-refractivity contribution in [2.45, 2.75) is 225 Å². The van der Waals surface area contributed by atoms with E-state index in [0.717, 1.165) is 25.7 Å². The number of nitrogens with one attached hydrogen (secondary N) is 1. The van der Waals surface area contributed by atoms with Crippen LogP contribution in [0.2, 0.25) is 0 Å². The first-order chi connectivity index (χ1) is 21.2. The molecule has 43 heavy (non-hydrogen) atoms. The predicted octanol–water partition coefficient (Wildman–Crippen LogP) is 11.5. The quantitative estimate of drug-likeness (QED) is 0.0496. The fourth-order valence-corrected chi connectivity index (χ4v) is 6.00. The summed E-state index contributed by atoms with van der Waals surface area (Å²) in [5.41, 5.74) is 0. The summed E-state index contributed by atoms with van der Waals surface area (Å²) in [6.07, 6.45) is 43.0. The molecule has 2 unspecified atom stereocenters. The maximum atomic E-state index is 12.3. The zero-order valence-corrected chi connectivity index (χ0v) is 29.2. The van der Waals surface area contributed by atoms with Crippen LogP contribution in [-0.2, 0) is 4.79 Å². The van der Waals surface area contributed by atoms with E-state index < -0.39 is 12.1 Å². The Balaban J connectivity index is 3.40. The maximum Gasteiger partial charge on any atom is 0.220 e. The highest BCUT2D eigenvalue weighted by Crippen LogP contribution is 2.15. The smallest absolute Gasteiger partial charge is 0.220 e. The highest BCUT2D eigenvalue weighted by atomic mass is 16.3. The van der Waals surface area contributed by atoms with Gasteiger partial charge in [-0.1, -0.05) is 180 Å². The largest absolute Gasteiger partial charge is 0.394 e. The lowest BCUT2D eigenvalue weighted by molar-refractivity contribution is -0.123. The van der Waals surface area contributed by atoms with Gasteiger partial charge in [-0.05, 0) is 38.5 Å². The zero-order chi connectivity index (χ0) is 31.5. The van der Waals surface area contributed by atoms with Gasteiger partial charge in [0.25, 0.3) is 0 Å². The van der Waals surface area contributed by atoms with Crippen molar-refractivity contribution in [2.75, 3.05) is 6.61 Å². The molecule has 1 amide bonds. The zero-order valence-electron chi connectivity index (χ0n) is 29.2. The number of aliphatic hydroxyl groups excluding tert-OH is 2. The number of unbranched alkanes of at least 4 members (excludes halogenated alkanes) is 26. The van der Waals surface area contributed by atoms with Crippen LogP contribution in [0, 0.1) is 0 Å². The monoisotopic (exact) mass is 608 g/mol. The van der Waals surface area contributed by atoms with Crippen molar-refractivity contribution in [2.24, 2.45) is 0 Å². The Morgan fingerprint density at radius 1 is 0.535 bits per heavy atom. The molecule has 0 aromatic heterocycles. The summed E-state index contributed by atoms with van der Waals surface area (Å²) in [5.74, 6) is -0.0356. The van der Waals surface area contributed by atoms with E-state index in [-0.39, 0.29) is 12.5 Å². The highest BCUT2D eigenvalue weighted by Gasteiger charge is 2.19. The summed E-state index contributed by atoms with van der Waals surface area (Å²) >= 11 is 0. The molecule has 0 radical (unpaired) electrons. The van der Waals surface area contributed by atoms with Gasteiger partial charge >= 0.3 is 0 Å². The minimum Gasteiger partial charge on any atom is -0.394 e. The minimum atomic E-state index is -0.651. The lowest BCUT2D eigenvalue weighted by Gasteiger charge is -2.22. The van der Waals surface area contributed by atoms with Gasteiger partial charge in [0.05, 0.1) is 18.8 Å². The molecule has 0 bridgehead atoms. The number of carbonyl (C=O) groups is 1. The second kappa shape index (κ2) is 35.6. The van der Waals surface area contributed by atoms with E-state index in [1.807, 2.05) is 0 Å². The summed E-state index contributed by atoms with van der Waals surface area (Å²) in [4.78, 5) is 12.3. The number of hydrogen-bond donors (Lipinski definition) is 3. The number of carbonyl (C=O) groups excluding carboxylic acids is 1. The topological polar surface area (TPSA) is 69.6 Å². The normalized spacial score (nSPS) is 13.1. The van der Waals surface area contributed by atoms with E-state index in [0.29, 0.717) is 12.8 Å². The minimum absolute atomic E-state index is 0.0356. The van der Waals surface area contributed by atoms with E-state index in [2.05, 4.69) is 31.3 Å². The fourth-order valence-electron chi connectivity index (χ4n) is 6.00. The fraction of sp³-hybridized carbons (Fsp3) is 0.923. The summed E-state index contributed by atoms with van der Waals surface area (Å²) < 4.78 is 0. The molecule has 0 aliphatic rings. The summed E-state index contributed by atoms with van der Waals surface area (Å²) in [6, 6.07) is -0.528. The average molecular weight is 608 g/mol. The van der Waals surface area contributed by atoms with Gasteiger partial charge in [0, 0.05) is 6.42 Å². The van der Waals surface area contributed by atoms with E-state index in [9.17, 15) is 15.0 Å². The standard InChI is InChI=1S/C39H77NO3/c1-3-5-7-9-11-12-13-14-15-16-17-18-19-20-21-22-23-24-25-26-27-28-29-31-33-35-39(43)40-37(36-41)38(42)34-32-30-10-8-6-4-2/h16-17,37-38,41-42H,3-15,18-36H2,1-2H3,(H,40,43)/b17-16-. The number of hydrogen-bond acceptors (Lipinski definition) is 3. The van der Waals surface area contributed by atoms with Crippen molar-refractivity contribution in [3.05, 3.63) is 12.2 Å². The molecule has 0 rings (SSSR count). The molecule has 0 aliphatic heterocycles. The third-order valence-electron chi connectivity index (χ3n) is 9.03. The van der Waals surface area contributed by atoms with Crippen LogP contribution >= 0.6 is 0 Å². The molecule has 0 aromatic rings. The molecule has 0 aliphatic carbocycles. The Kier molecular flexibility index (Phi) is 34.9. The molecule has 0 heterocycles. The van der Waals surface area contributed by atoms with Gasteiger partial charge in [-0.15, -0.1) is 0 Å². The SMILES string of the molecule is CCCCCCCCCC/C=C\CCCCCCCCCCCCCCCC(=O)NC(CO)C(O)CCCCCCCC. The first-order valence-electron chi connectivity index (χ1n) is 19.4. The second-order valence-corrected chi connectivity index (χ2v) is 13.4. The van der Waals surface area contributed by atoms with Gasteiger partial charge in [-0.25, -0.2) is 0 Å². The Morgan fingerprint density at radius 3 is 1.28 bits per heavy atom. The van der Waals surface area contributed by atoms with Crippen molar-refractivity contribution in [1.82, 2.24) is 5.32 Å². The van der Waals surface area contributed by atoms with Crippen LogP contribution in [0.4, 0.5) is 0 Å². The average Bonchev–Trinajstić information content (AvgIpc) is 3.01. The molecule has 0 saturated heterocycles. The first kappa shape index (κ1) is 42.1. The number of rotatable bonds is 35. The van der Waals surface area contributed by atoms with E-state index in [1.54, 1.807) is 0 Å². The molecule has 2 atom stereocenters. The lowest BCUT2D eigenvalue weighted by Crippen LogP contribution is -2.45. The van der Waals surface area contributed by atoms with Crippen LogP contribution < -0.4 is 5.32 Å². The first-order valence-corrected chi connectivity index (χ1v) is 19.4.